The second kappa shape index (κ2) is 7.22. The lowest BCUT2D eigenvalue weighted by molar-refractivity contribution is 0.0851. The van der Waals surface area contributed by atoms with Crippen molar-refractivity contribution >= 4 is 5.91 Å². The minimum absolute atomic E-state index is 0.0730. The third-order valence-corrected chi connectivity index (χ3v) is 4.32. The molecule has 2 aromatic rings. The Morgan fingerprint density at radius 1 is 1.27 bits per heavy atom. The summed E-state index contributed by atoms with van der Waals surface area (Å²) in [6, 6.07) is 9.65. The number of carbonyl (C=O) groups is 1. The molecule has 1 aromatic heterocycles. The number of amides is 1. The fraction of sp³-hybridized carbons (Fsp3) is 0.412. The van der Waals surface area contributed by atoms with Crippen LogP contribution in [0.15, 0.2) is 42.7 Å². The van der Waals surface area contributed by atoms with E-state index in [0.29, 0.717) is 12.1 Å². The van der Waals surface area contributed by atoms with E-state index in [4.69, 9.17) is 0 Å². The summed E-state index contributed by atoms with van der Waals surface area (Å²) in [5, 5.41) is 16.7. The average molecular weight is 301 g/mol. The number of aliphatic hydroxyl groups excluding tert-OH is 1. The Morgan fingerprint density at radius 3 is 2.55 bits per heavy atom. The molecule has 0 saturated heterocycles. The number of hydrogen-bond donors (Lipinski definition) is 2. The lowest BCUT2D eigenvalue weighted by atomic mass is 9.83. The fourth-order valence-corrected chi connectivity index (χ4v) is 2.31. The number of carbonyl (C=O) groups excluding carboxylic acids is 1. The molecule has 2 N–H and O–H groups in total. The first-order chi connectivity index (χ1) is 10.6. The molecular weight excluding hydrogens is 278 g/mol. The van der Waals surface area contributed by atoms with Crippen LogP contribution in [0.25, 0.3) is 5.69 Å². The van der Waals surface area contributed by atoms with Crippen LogP contribution in [0.3, 0.4) is 0 Å². The van der Waals surface area contributed by atoms with Gasteiger partial charge in [0.1, 0.15) is 0 Å². The molecule has 0 bridgehead atoms. The number of aromatic nitrogens is 2. The quantitative estimate of drug-likeness (QED) is 0.825. The third-order valence-electron chi connectivity index (χ3n) is 4.32. The highest BCUT2D eigenvalue weighted by molar-refractivity contribution is 5.93. The maximum Gasteiger partial charge on any atom is 0.254 e. The molecule has 0 saturated carbocycles. The maximum atomic E-state index is 12.2. The van der Waals surface area contributed by atoms with Crippen LogP contribution in [0.4, 0.5) is 0 Å². The number of benzene rings is 1. The predicted molar refractivity (Wildman–Crippen MR) is 86.0 cm³/mol. The van der Waals surface area contributed by atoms with Gasteiger partial charge in [0.2, 0.25) is 0 Å². The molecule has 0 aliphatic heterocycles. The molecule has 5 nitrogen and oxygen atoms in total. The topological polar surface area (TPSA) is 67.2 Å². The smallest absolute Gasteiger partial charge is 0.254 e. The highest BCUT2D eigenvalue weighted by Crippen LogP contribution is 2.24. The summed E-state index contributed by atoms with van der Waals surface area (Å²) < 4.78 is 1.67. The normalized spacial score (nSPS) is 11.4. The minimum Gasteiger partial charge on any atom is -0.396 e. The monoisotopic (exact) mass is 301 g/mol. The Bertz CT molecular complexity index is 595. The number of para-hydroxylation sites is 1. The first-order valence-electron chi connectivity index (χ1n) is 7.63. The maximum absolute atomic E-state index is 12.2. The molecule has 5 heteroatoms. The number of rotatable bonds is 7. The molecule has 1 heterocycles. The molecule has 0 unspecified atom stereocenters. The number of aliphatic hydroxyl groups is 1. The van der Waals surface area contributed by atoms with Gasteiger partial charge in [0.15, 0.2) is 0 Å². The van der Waals surface area contributed by atoms with Gasteiger partial charge in [-0.25, -0.2) is 4.68 Å². The fourth-order valence-electron chi connectivity index (χ4n) is 2.31. The van der Waals surface area contributed by atoms with Gasteiger partial charge in [-0.05, 0) is 25.0 Å². The van der Waals surface area contributed by atoms with E-state index in [9.17, 15) is 9.90 Å². The first kappa shape index (κ1) is 16.2. The summed E-state index contributed by atoms with van der Waals surface area (Å²) in [6.07, 6.45) is 4.91. The molecule has 0 aliphatic rings. The second-order valence-electron chi connectivity index (χ2n) is 5.56. The lowest BCUT2D eigenvalue weighted by Crippen LogP contribution is -2.39. The summed E-state index contributed by atoms with van der Waals surface area (Å²) in [5.41, 5.74) is 1.18. The van der Waals surface area contributed by atoms with Crippen molar-refractivity contribution in [3.05, 3.63) is 48.3 Å². The molecule has 2 rings (SSSR count). The second-order valence-corrected chi connectivity index (χ2v) is 5.56. The first-order valence-corrected chi connectivity index (χ1v) is 7.63. The molecule has 118 valence electrons. The van der Waals surface area contributed by atoms with E-state index in [1.54, 1.807) is 17.1 Å². The molecule has 0 fully saturated rings. The van der Waals surface area contributed by atoms with Gasteiger partial charge in [0, 0.05) is 18.2 Å². The molecule has 1 aromatic carbocycles. The van der Waals surface area contributed by atoms with Gasteiger partial charge in [-0.2, -0.15) is 5.10 Å². The zero-order valence-corrected chi connectivity index (χ0v) is 13.1. The van der Waals surface area contributed by atoms with Gasteiger partial charge in [-0.1, -0.05) is 32.0 Å². The largest absolute Gasteiger partial charge is 0.396 e. The molecule has 0 spiro atoms. The molecule has 0 radical (unpaired) electrons. The van der Waals surface area contributed by atoms with Gasteiger partial charge in [-0.3, -0.25) is 4.79 Å². The van der Waals surface area contributed by atoms with Crippen LogP contribution in [-0.4, -0.2) is 33.9 Å². The van der Waals surface area contributed by atoms with Crippen molar-refractivity contribution in [1.29, 1.82) is 0 Å². The van der Waals surface area contributed by atoms with Crippen LogP contribution in [-0.2, 0) is 0 Å². The third kappa shape index (κ3) is 3.54. The SMILES string of the molecule is CCC(CC)(CO)CNC(=O)c1cnn(-c2ccccc2)c1. The van der Waals surface area contributed by atoms with E-state index >= 15 is 0 Å². The van der Waals surface area contributed by atoms with E-state index in [2.05, 4.69) is 10.4 Å². The zero-order chi connectivity index (χ0) is 16.0. The van der Waals surface area contributed by atoms with E-state index in [0.717, 1.165) is 18.5 Å². The van der Waals surface area contributed by atoms with Gasteiger partial charge in [0.25, 0.3) is 5.91 Å². The highest BCUT2D eigenvalue weighted by atomic mass is 16.3. The summed E-state index contributed by atoms with van der Waals surface area (Å²) >= 11 is 0. The van der Waals surface area contributed by atoms with Crippen LogP contribution in [0, 0.1) is 5.41 Å². The Balaban J connectivity index is 2.04. The van der Waals surface area contributed by atoms with Crippen molar-refractivity contribution < 1.29 is 9.90 Å². The molecule has 0 atom stereocenters. The van der Waals surface area contributed by atoms with Crippen molar-refractivity contribution in [1.82, 2.24) is 15.1 Å². The predicted octanol–water partition coefficient (Wildman–Crippen LogP) is 2.40. The Morgan fingerprint density at radius 2 is 1.95 bits per heavy atom. The van der Waals surface area contributed by atoms with E-state index in [1.165, 1.54) is 0 Å². The Labute approximate surface area is 131 Å². The molecule has 1 amide bonds. The Kier molecular flexibility index (Phi) is 5.33. The number of hydrogen-bond acceptors (Lipinski definition) is 3. The van der Waals surface area contributed by atoms with Crippen LogP contribution in [0.2, 0.25) is 0 Å². The van der Waals surface area contributed by atoms with Crippen molar-refractivity contribution in [2.45, 2.75) is 26.7 Å². The van der Waals surface area contributed by atoms with Gasteiger partial charge < -0.3 is 10.4 Å². The van der Waals surface area contributed by atoms with Gasteiger partial charge >= 0.3 is 0 Å². The van der Waals surface area contributed by atoms with E-state index in [-0.39, 0.29) is 17.9 Å². The Hall–Kier alpha value is -2.14. The standard InChI is InChI=1S/C17H23N3O2/c1-3-17(4-2,13-21)12-18-16(22)14-10-19-20(11-14)15-8-6-5-7-9-15/h5-11,21H,3-4,12-13H2,1-2H3,(H,18,22). The van der Waals surface area contributed by atoms with E-state index < -0.39 is 0 Å². The highest BCUT2D eigenvalue weighted by Gasteiger charge is 2.26. The summed E-state index contributed by atoms with van der Waals surface area (Å²) in [7, 11) is 0. The average Bonchev–Trinajstić information content (AvgIpc) is 3.07. The van der Waals surface area contributed by atoms with Gasteiger partial charge in [0.05, 0.1) is 24.1 Å². The number of nitrogens with one attached hydrogen (secondary N) is 1. The zero-order valence-electron chi connectivity index (χ0n) is 13.1. The van der Waals surface area contributed by atoms with E-state index in [1.807, 2.05) is 44.2 Å². The van der Waals surface area contributed by atoms with Crippen molar-refractivity contribution in [2.24, 2.45) is 5.41 Å². The van der Waals surface area contributed by atoms with Crippen molar-refractivity contribution in [3.63, 3.8) is 0 Å². The number of nitrogens with zero attached hydrogens (tertiary/aromatic N) is 2. The lowest BCUT2D eigenvalue weighted by Gasteiger charge is -2.29. The van der Waals surface area contributed by atoms with Crippen LogP contribution >= 0.6 is 0 Å². The summed E-state index contributed by atoms with van der Waals surface area (Å²) in [4.78, 5) is 12.2. The van der Waals surface area contributed by atoms with Gasteiger partial charge in [-0.15, -0.1) is 0 Å². The summed E-state index contributed by atoms with van der Waals surface area (Å²) in [5.74, 6) is -0.165. The molecule has 0 aliphatic carbocycles. The van der Waals surface area contributed by atoms with Crippen LogP contribution < -0.4 is 5.32 Å². The van der Waals surface area contributed by atoms with Crippen molar-refractivity contribution in [3.8, 4) is 5.69 Å². The van der Waals surface area contributed by atoms with Crippen molar-refractivity contribution in [2.75, 3.05) is 13.2 Å². The van der Waals surface area contributed by atoms with Crippen LogP contribution in [0.5, 0.6) is 0 Å². The summed E-state index contributed by atoms with van der Waals surface area (Å²) in [6.45, 7) is 4.59. The molecule has 22 heavy (non-hydrogen) atoms. The van der Waals surface area contributed by atoms with Crippen LogP contribution in [0.1, 0.15) is 37.0 Å². The molecular formula is C17H23N3O2. The minimum atomic E-state index is -0.245.